The number of rotatable bonds is 3. The predicted molar refractivity (Wildman–Crippen MR) is 80.5 cm³/mol. The van der Waals surface area contributed by atoms with Crippen LogP contribution in [0.15, 0.2) is 36.4 Å². The van der Waals surface area contributed by atoms with Crippen molar-refractivity contribution in [3.8, 4) is 29.2 Å². The van der Waals surface area contributed by atoms with Crippen molar-refractivity contribution in [1.82, 2.24) is 0 Å². The van der Waals surface area contributed by atoms with Gasteiger partial charge in [0.25, 0.3) is 0 Å². The molecule has 0 atom stereocenters. The van der Waals surface area contributed by atoms with Crippen LogP contribution in [0.5, 0.6) is 5.75 Å². The molecule has 0 saturated carbocycles. The molecular weight excluding hydrogens is 275 g/mol. The lowest BCUT2D eigenvalue weighted by Gasteiger charge is -2.13. The van der Waals surface area contributed by atoms with E-state index in [9.17, 15) is 4.39 Å². The van der Waals surface area contributed by atoms with Crippen molar-refractivity contribution in [2.75, 3.05) is 0 Å². The van der Waals surface area contributed by atoms with E-state index in [-0.39, 0.29) is 11.9 Å². The first-order chi connectivity index (χ1) is 9.51. The van der Waals surface area contributed by atoms with Crippen molar-refractivity contribution >= 4 is 11.6 Å². The standard InChI is InChI=1S/C17H14ClFO/c1-4-12-5-7-14(20-11(2)3)10-15(12)16-9-13(19)6-8-17(16)18/h1,5-11H,2-3H3. The summed E-state index contributed by atoms with van der Waals surface area (Å²) in [7, 11) is 0. The minimum Gasteiger partial charge on any atom is -0.491 e. The Labute approximate surface area is 123 Å². The fourth-order valence-electron chi connectivity index (χ4n) is 1.92. The van der Waals surface area contributed by atoms with E-state index in [1.165, 1.54) is 18.2 Å². The Balaban J connectivity index is 2.59. The van der Waals surface area contributed by atoms with Crippen molar-refractivity contribution < 1.29 is 9.13 Å². The first kappa shape index (κ1) is 14.4. The summed E-state index contributed by atoms with van der Waals surface area (Å²) in [6, 6.07) is 9.56. The predicted octanol–water partition coefficient (Wildman–Crippen LogP) is 4.91. The zero-order valence-corrected chi connectivity index (χ0v) is 12.0. The summed E-state index contributed by atoms with van der Waals surface area (Å²) in [6.07, 6.45) is 5.54. The van der Waals surface area contributed by atoms with Crippen molar-refractivity contribution in [1.29, 1.82) is 0 Å². The number of ether oxygens (including phenoxy) is 1. The maximum Gasteiger partial charge on any atom is 0.123 e. The molecule has 0 spiro atoms. The van der Waals surface area contributed by atoms with Crippen LogP contribution in [0.4, 0.5) is 4.39 Å². The van der Waals surface area contributed by atoms with Gasteiger partial charge in [-0.3, -0.25) is 0 Å². The molecule has 0 radical (unpaired) electrons. The topological polar surface area (TPSA) is 9.23 Å². The fraction of sp³-hybridized carbons (Fsp3) is 0.176. The number of halogens is 2. The number of terminal acetylenes is 1. The molecule has 0 aliphatic carbocycles. The number of hydrogen-bond donors (Lipinski definition) is 0. The van der Waals surface area contributed by atoms with Gasteiger partial charge in [-0.1, -0.05) is 17.5 Å². The van der Waals surface area contributed by atoms with Gasteiger partial charge in [0, 0.05) is 21.7 Å². The Morgan fingerprint density at radius 2 is 1.90 bits per heavy atom. The molecule has 0 aliphatic rings. The van der Waals surface area contributed by atoms with Crippen LogP contribution in [-0.4, -0.2) is 6.10 Å². The lowest BCUT2D eigenvalue weighted by molar-refractivity contribution is 0.242. The largest absolute Gasteiger partial charge is 0.491 e. The van der Waals surface area contributed by atoms with E-state index in [0.29, 0.717) is 27.5 Å². The van der Waals surface area contributed by atoms with E-state index in [1.807, 2.05) is 13.8 Å². The highest BCUT2D eigenvalue weighted by Gasteiger charge is 2.11. The van der Waals surface area contributed by atoms with Crippen LogP contribution in [-0.2, 0) is 0 Å². The lowest BCUT2D eigenvalue weighted by Crippen LogP contribution is -2.05. The minimum absolute atomic E-state index is 0.0440. The zero-order valence-electron chi connectivity index (χ0n) is 11.3. The quantitative estimate of drug-likeness (QED) is 0.729. The summed E-state index contributed by atoms with van der Waals surface area (Å²) in [5.41, 5.74) is 1.90. The third-order valence-corrected chi connectivity index (χ3v) is 3.07. The van der Waals surface area contributed by atoms with E-state index < -0.39 is 0 Å². The van der Waals surface area contributed by atoms with Gasteiger partial charge in [-0.2, -0.15) is 0 Å². The smallest absolute Gasteiger partial charge is 0.123 e. The molecule has 0 aliphatic heterocycles. The summed E-state index contributed by atoms with van der Waals surface area (Å²) < 4.78 is 19.1. The Kier molecular flexibility index (Phi) is 4.32. The normalized spacial score (nSPS) is 10.4. The van der Waals surface area contributed by atoms with E-state index in [4.69, 9.17) is 22.8 Å². The third kappa shape index (κ3) is 3.12. The van der Waals surface area contributed by atoms with E-state index in [0.717, 1.165) is 0 Å². The molecule has 1 nitrogen and oxygen atoms in total. The summed E-state index contributed by atoms with van der Waals surface area (Å²) in [5, 5.41) is 0.449. The Hall–Kier alpha value is -1.98. The summed E-state index contributed by atoms with van der Waals surface area (Å²) in [5.74, 6) is 2.90. The Morgan fingerprint density at radius 1 is 1.15 bits per heavy atom. The van der Waals surface area contributed by atoms with Gasteiger partial charge in [-0.25, -0.2) is 4.39 Å². The monoisotopic (exact) mass is 288 g/mol. The van der Waals surface area contributed by atoms with Gasteiger partial charge in [0.05, 0.1) is 6.10 Å². The molecule has 2 aromatic carbocycles. The fourth-order valence-corrected chi connectivity index (χ4v) is 2.14. The van der Waals surface area contributed by atoms with Crippen LogP contribution in [0.3, 0.4) is 0 Å². The van der Waals surface area contributed by atoms with Gasteiger partial charge in [0.1, 0.15) is 11.6 Å². The summed E-state index contributed by atoms with van der Waals surface area (Å²) in [6.45, 7) is 3.87. The summed E-state index contributed by atoms with van der Waals surface area (Å²) in [4.78, 5) is 0. The van der Waals surface area contributed by atoms with Crippen LogP contribution in [0.1, 0.15) is 19.4 Å². The first-order valence-corrected chi connectivity index (χ1v) is 6.62. The molecule has 0 fully saturated rings. The lowest BCUT2D eigenvalue weighted by atomic mass is 9.99. The first-order valence-electron chi connectivity index (χ1n) is 6.24. The third-order valence-electron chi connectivity index (χ3n) is 2.74. The zero-order chi connectivity index (χ0) is 14.7. The number of hydrogen-bond acceptors (Lipinski definition) is 1. The van der Waals surface area contributed by atoms with Crippen LogP contribution in [0.25, 0.3) is 11.1 Å². The molecule has 0 saturated heterocycles. The molecule has 0 bridgehead atoms. The molecule has 2 aromatic rings. The van der Waals surface area contributed by atoms with Crippen LogP contribution in [0.2, 0.25) is 5.02 Å². The molecule has 0 heterocycles. The molecule has 3 heteroatoms. The molecule has 0 N–H and O–H groups in total. The van der Waals surface area contributed by atoms with Gasteiger partial charge in [-0.05, 0) is 50.2 Å². The van der Waals surface area contributed by atoms with Crippen LogP contribution < -0.4 is 4.74 Å². The van der Waals surface area contributed by atoms with Crippen LogP contribution >= 0.6 is 11.6 Å². The Morgan fingerprint density at radius 3 is 2.55 bits per heavy atom. The average Bonchev–Trinajstić information content (AvgIpc) is 2.41. The van der Waals surface area contributed by atoms with E-state index in [2.05, 4.69) is 5.92 Å². The highest BCUT2D eigenvalue weighted by atomic mass is 35.5. The second kappa shape index (κ2) is 5.98. The van der Waals surface area contributed by atoms with E-state index >= 15 is 0 Å². The highest BCUT2D eigenvalue weighted by molar-refractivity contribution is 6.33. The highest BCUT2D eigenvalue weighted by Crippen LogP contribution is 2.33. The maximum atomic E-state index is 13.4. The second-order valence-corrected chi connectivity index (χ2v) is 5.05. The average molecular weight is 289 g/mol. The maximum absolute atomic E-state index is 13.4. The molecule has 0 amide bonds. The van der Waals surface area contributed by atoms with Crippen molar-refractivity contribution in [2.45, 2.75) is 20.0 Å². The SMILES string of the molecule is C#Cc1ccc(OC(C)C)cc1-c1cc(F)ccc1Cl. The van der Waals surface area contributed by atoms with Gasteiger partial charge >= 0.3 is 0 Å². The van der Waals surface area contributed by atoms with Gasteiger partial charge in [0.2, 0.25) is 0 Å². The van der Waals surface area contributed by atoms with Gasteiger partial charge < -0.3 is 4.74 Å². The van der Waals surface area contributed by atoms with Crippen molar-refractivity contribution in [2.24, 2.45) is 0 Å². The molecule has 20 heavy (non-hydrogen) atoms. The second-order valence-electron chi connectivity index (χ2n) is 4.64. The molecular formula is C17H14ClFO. The van der Waals surface area contributed by atoms with Crippen LogP contribution in [0, 0.1) is 18.2 Å². The minimum atomic E-state index is -0.359. The van der Waals surface area contributed by atoms with Gasteiger partial charge in [-0.15, -0.1) is 6.42 Å². The molecule has 0 unspecified atom stereocenters. The number of benzene rings is 2. The summed E-state index contributed by atoms with van der Waals surface area (Å²) >= 11 is 6.14. The molecule has 102 valence electrons. The molecule has 0 aromatic heterocycles. The van der Waals surface area contributed by atoms with Crippen molar-refractivity contribution in [3.63, 3.8) is 0 Å². The van der Waals surface area contributed by atoms with Gasteiger partial charge in [0.15, 0.2) is 0 Å². The molecule has 2 rings (SSSR count). The van der Waals surface area contributed by atoms with E-state index in [1.54, 1.807) is 18.2 Å². The Bertz CT molecular complexity index is 671. The van der Waals surface area contributed by atoms with Crippen molar-refractivity contribution in [3.05, 3.63) is 52.8 Å².